The highest BCUT2D eigenvalue weighted by Gasteiger charge is 2.40. The maximum Gasteiger partial charge on any atom is 0.421 e. The number of hydrogen-bond acceptors (Lipinski definition) is 5. The van der Waals surface area contributed by atoms with Crippen molar-refractivity contribution in [3.8, 4) is 17.0 Å². The Bertz CT molecular complexity index is 979. The van der Waals surface area contributed by atoms with Crippen molar-refractivity contribution in [2.45, 2.75) is 37.8 Å². The number of ether oxygens (including phenoxy) is 1. The van der Waals surface area contributed by atoms with Crippen LogP contribution in [0.25, 0.3) is 11.3 Å². The van der Waals surface area contributed by atoms with Crippen LogP contribution in [-0.2, 0) is 0 Å². The normalized spacial score (nSPS) is 17.4. The first-order chi connectivity index (χ1) is 13.8. The van der Waals surface area contributed by atoms with Gasteiger partial charge in [0.2, 0.25) is 5.90 Å². The number of alkyl halides is 3. The summed E-state index contributed by atoms with van der Waals surface area (Å²) in [5.74, 6) is -1.42. The molecule has 1 aliphatic carbocycles. The molecule has 1 aliphatic heterocycles. The van der Waals surface area contributed by atoms with Gasteiger partial charge >= 0.3 is 6.18 Å². The highest BCUT2D eigenvalue weighted by Crippen LogP contribution is 2.44. The second-order valence-electron chi connectivity index (χ2n) is 6.99. The topological polar surface area (TPSA) is 73.4 Å². The van der Waals surface area contributed by atoms with Crippen molar-refractivity contribution in [1.29, 1.82) is 0 Å². The van der Waals surface area contributed by atoms with E-state index in [2.05, 4.69) is 15.0 Å². The standard InChI is InChI=1S/C20H18F4N4O/c21-17-13(15-9-28-16(25)10-27-15)7-6-12(11-3-1-4-11)18(17)29-19-14(20(22,23)24)5-2-8-26-19/h5-7,9-11H,1-4,8H2,(H2,25,28). The van der Waals surface area contributed by atoms with Gasteiger partial charge in [-0.05, 0) is 31.2 Å². The number of nitrogen functional groups attached to an aromatic ring is 1. The molecule has 1 aromatic carbocycles. The zero-order valence-electron chi connectivity index (χ0n) is 15.3. The molecule has 0 atom stereocenters. The predicted octanol–water partition coefficient (Wildman–Crippen LogP) is 4.80. The first-order valence-electron chi connectivity index (χ1n) is 9.25. The van der Waals surface area contributed by atoms with Crippen molar-refractivity contribution < 1.29 is 22.3 Å². The summed E-state index contributed by atoms with van der Waals surface area (Å²) in [6.07, 6.45) is 1.76. The molecule has 5 nitrogen and oxygen atoms in total. The monoisotopic (exact) mass is 406 g/mol. The summed E-state index contributed by atoms with van der Waals surface area (Å²) in [6.45, 7) is 0.151. The number of dihydropyridines is 1. The molecule has 152 valence electrons. The van der Waals surface area contributed by atoms with E-state index in [4.69, 9.17) is 10.5 Å². The Morgan fingerprint density at radius 1 is 1.10 bits per heavy atom. The maximum absolute atomic E-state index is 15.4. The minimum Gasteiger partial charge on any atom is -0.435 e. The van der Waals surface area contributed by atoms with E-state index in [1.54, 1.807) is 12.1 Å². The Hall–Kier alpha value is -2.97. The van der Waals surface area contributed by atoms with Crippen LogP contribution >= 0.6 is 0 Å². The SMILES string of the molecule is Nc1cnc(-c2ccc(C3CCC3)c(OC3=NCCC=C3C(F)(F)F)c2F)cn1. The number of anilines is 1. The maximum atomic E-state index is 15.4. The second-order valence-corrected chi connectivity index (χ2v) is 6.99. The quantitative estimate of drug-likeness (QED) is 0.743. The molecule has 0 amide bonds. The van der Waals surface area contributed by atoms with E-state index >= 15 is 4.39 Å². The molecule has 2 heterocycles. The molecule has 1 aromatic heterocycles. The van der Waals surface area contributed by atoms with Gasteiger partial charge in [0.25, 0.3) is 0 Å². The average molecular weight is 406 g/mol. The summed E-state index contributed by atoms with van der Waals surface area (Å²) in [6, 6.07) is 3.22. The molecule has 2 aliphatic rings. The number of benzene rings is 1. The summed E-state index contributed by atoms with van der Waals surface area (Å²) < 4.78 is 61.0. The van der Waals surface area contributed by atoms with Gasteiger partial charge in [0.1, 0.15) is 11.4 Å². The molecular weight excluding hydrogens is 388 g/mol. The molecule has 0 saturated heterocycles. The van der Waals surface area contributed by atoms with Gasteiger partial charge in [0.15, 0.2) is 11.6 Å². The summed E-state index contributed by atoms with van der Waals surface area (Å²) in [5.41, 5.74) is 5.35. The summed E-state index contributed by atoms with van der Waals surface area (Å²) in [5, 5.41) is 0. The molecule has 0 spiro atoms. The Balaban J connectivity index is 1.78. The van der Waals surface area contributed by atoms with Gasteiger partial charge < -0.3 is 10.5 Å². The third kappa shape index (κ3) is 3.81. The third-order valence-corrected chi connectivity index (χ3v) is 5.09. The lowest BCUT2D eigenvalue weighted by Gasteiger charge is -2.29. The molecule has 2 N–H and O–H groups in total. The number of aliphatic imine (C=N–C) groups is 1. The zero-order chi connectivity index (χ0) is 20.6. The predicted molar refractivity (Wildman–Crippen MR) is 100 cm³/mol. The minimum absolute atomic E-state index is 0.0357. The average Bonchev–Trinajstić information content (AvgIpc) is 2.64. The van der Waals surface area contributed by atoms with Crippen molar-refractivity contribution in [3.05, 3.63) is 47.6 Å². The van der Waals surface area contributed by atoms with Gasteiger partial charge in [-0.15, -0.1) is 0 Å². The van der Waals surface area contributed by atoms with Gasteiger partial charge in [0, 0.05) is 17.7 Å². The fourth-order valence-corrected chi connectivity index (χ4v) is 3.36. The summed E-state index contributed by atoms with van der Waals surface area (Å²) >= 11 is 0. The van der Waals surface area contributed by atoms with E-state index in [0.29, 0.717) is 5.56 Å². The van der Waals surface area contributed by atoms with Crippen LogP contribution in [0.4, 0.5) is 23.4 Å². The zero-order valence-corrected chi connectivity index (χ0v) is 15.3. The first-order valence-corrected chi connectivity index (χ1v) is 9.25. The molecule has 1 fully saturated rings. The minimum atomic E-state index is -4.63. The van der Waals surface area contributed by atoms with Crippen molar-refractivity contribution in [2.75, 3.05) is 12.3 Å². The van der Waals surface area contributed by atoms with E-state index in [0.717, 1.165) is 25.3 Å². The fraction of sp³-hybridized carbons (Fsp3) is 0.350. The third-order valence-electron chi connectivity index (χ3n) is 5.09. The van der Waals surface area contributed by atoms with Gasteiger partial charge in [-0.2, -0.15) is 13.2 Å². The lowest BCUT2D eigenvalue weighted by atomic mass is 9.79. The van der Waals surface area contributed by atoms with Crippen LogP contribution in [0.15, 0.2) is 41.2 Å². The molecule has 1 saturated carbocycles. The first kappa shape index (κ1) is 19.4. The van der Waals surface area contributed by atoms with Crippen LogP contribution < -0.4 is 10.5 Å². The highest BCUT2D eigenvalue weighted by atomic mass is 19.4. The van der Waals surface area contributed by atoms with Crippen molar-refractivity contribution in [1.82, 2.24) is 9.97 Å². The largest absolute Gasteiger partial charge is 0.435 e. The van der Waals surface area contributed by atoms with E-state index < -0.39 is 23.5 Å². The van der Waals surface area contributed by atoms with Crippen LogP contribution in [0.5, 0.6) is 5.75 Å². The Morgan fingerprint density at radius 2 is 1.90 bits per heavy atom. The van der Waals surface area contributed by atoms with Crippen LogP contribution in [0.3, 0.4) is 0 Å². The number of aromatic nitrogens is 2. The van der Waals surface area contributed by atoms with Gasteiger partial charge in [-0.25, -0.2) is 9.37 Å². The van der Waals surface area contributed by atoms with Crippen LogP contribution in [-0.4, -0.2) is 28.6 Å². The fourth-order valence-electron chi connectivity index (χ4n) is 3.36. The van der Waals surface area contributed by atoms with Crippen LogP contribution in [0, 0.1) is 5.82 Å². The number of nitrogens with zero attached hydrogens (tertiary/aromatic N) is 3. The number of halogens is 4. The van der Waals surface area contributed by atoms with Gasteiger partial charge in [-0.3, -0.25) is 9.98 Å². The summed E-state index contributed by atoms with van der Waals surface area (Å²) in [4.78, 5) is 11.8. The van der Waals surface area contributed by atoms with Crippen molar-refractivity contribution in [3.63, 3.8) is 0 Å². The number of hydrogen-bond donors (Lipinski definition) is 1. The molecule has 9 heteroatoms. The highest BCUT2D eigenvalue weighted by molar-refractivity contribution is 5.97. The lowest BCUT2D eigenvalue weighted by molar-refractivity contribution is -0.0876. The molecule has 29 heavy (non-hydrogen) atoms. The molecule has 0 bridgehead atoms. The van der Waals surface area contributed by atoms with Crippen molar-refractivity contribution in [2.24, 2.45) is 4.99 Å². The van der Waals surface area contributed by atoms with E-state index in [1.807, 2.05) is 0 Å². The Kier molecular flexibility index (Phi) is 4.97. The van der Waals surface area contributed by atoms with Crippen molar-refractivity contribution >= 4 is 11.7 Å². The molecule has 0 unspecified atom stereocenters. The van der Waals surface area contributed by atoms with Crippen LogP contribution in [0.1, 0.15) is 37.2 Å². The Labute approximate surface area is 164 Å². The van der Waals surface area contributed by atoms with Gasteiger partial charge in [0.05, 0.1) is 18.1 Å². The molecular formula is C20H18F4N4O. The molecule has 0 radical (unpaired) electrons. The number of rotatable bonds is 3. The number of nitrogens with two attached hydrogens (primary N) is 1. The van der Waals surface area contributed by atoms with E-state index in [-0.39, 0.29) is 41.7 Å². The second kappa shape index (κ2) is 7.46. The molecule has 2 aromatic rings. The molecule has 4 rings (SSSR count). The lowest BCUT2D eigenvalue weighted by Crippen LogP contribution is -2.28. The van der Waals surface area contributed by atoms with E-state index in [9.17, 15) is 13.2 Å². The van der Waals surface area contributed by atoms with Gasteiger partial charge in [-0.1, -0.05) is 18.6 Å². The smallest absolute Gasteiger partial charge is 0.421 e. The Morgan fingerprint density at radius 3 is 2.52 bits per heavy atom. The van der Waals surface area contributed by atoms with E-state index in [1.165, 1.54) is 12.4 Å². The van der Waals surface area contributed by atoms with Crippen LogP contribution in [0.2, 0.25) is 0 Å². The summed E-state index contributed by atoms with van der Waals surface area (Å²) in [7, 11) is 0.